The minimum atomic E-state index is -1.18. The molecule has 0 amide bonds. The maximum atomic E-state index is 11.3. The van der Waals surface area contributed by atoms with Crippen molar-refractivity contribution in [2.45, 2.75) is 26.7 Å². The number of carboxylic acid groups (broad SMARTS) is 1. The van der Waals surface area contributed by atoms with Crippen molar-refractivity contribution < 1.29 is 19.4 Å². The first-order valence-electron chi connectivity index (χ1n) is 6.13. The predicted octanol–water partition coefficient (Wildman–Crippen LogP) is 2.27. The largest absolute Gasteiger partial charge is 0.476 e. The standard InChI is InChI=1S/C12H18N2O4S/c1-3-6-18-7-4-5-13-12-14-9(11(16)17)10(19-12)8(2)15/h3-7H2,1-2H3,(H,13,14)(H,16,17). The van der Waals surface area contributed by atoms with E-state index in [0.29, 0.717) is 18.3 Å². The van der Waals surface area contributed by atoms with E-state index in [1.807, 2.05) is 6.92 Å². The molecule has 0 bridgehead atoms. The topological polar surface area (TPSA) is 88.5 Å². The lowest BCUT2D eigenvalue weighted by Gasteiger charge is -2.03. The first-order valence-corrected chi connectivity index (χ1v) is 6.94. The molecule has 0 aliphatic rings. The van der Waals surface area contributed by atoms with E-state index in [9.17, 15) is 9.59 Å². The fourth-order valence-electron chi connectivity index (χ4n) is 1.40. The Morgan fingerprint density at radius 3 is 2.68 bits per heavy atom. The second kappa shape index (κ2) is 7.85. The summed E-state index contributed by atoms with van der Waals surface area (Å²) in [5.74, 6) is -1.46. The smallest absolute Gasteiger partial charge is 0.356 e. The maximum Gasteiger partial charge on any atom is 0.356 e. The molecule has 1 aromatic heterocycles. The number of Topliss-reactive ketones (excluding diaryl/α,β-unsaturated/α-hetero) is 1. The van der Waals surface area contributed by atoms with Gasteiger partial charge in [-0.25, -0.2) is 9.78 Å². The molecule has 1 rings (SSSR count). The van der Waals surface area contributed by atoms with Gasteiger partial charge in [-0.1, -0.05) is 18.3 Å². The maximum absolute atomic E-state index is 11.3. The van der Waals surface area contributed by atoms with Crippen LogP contribution in [0.4, 0.5) is 5.13 Å². The molecule has 0 unspecified atom stereocenters. The number of hydrogen-bond acceptors (Lipinski definition) is 6. The van der Waals surface area contributed by atoms with E-state index in [0.717, 1.165) is 30.8 Å². The minimum Gasteiger partial charge on any atom is -0.476 e. The average molecular weight is 286 g/mol. The van der Waals surface area contributed by atoms with Crippen LogP contribution in [0.5, 0.6) is 0 Å². The Bertz CT molecular complexity index is 413. The summed E-state index contributed by atoms with van der Waals surface area (Å²) in [6.45, 7) is 5.41. The second-order valence-corrected chi connectivity index (χ2v) is 4.95. The number of hydrogen-bond donors (Lipinski definition) is 2. The number of nitrogens with one attached hydrogen (secondary N) is 1. The van der Waals surface area contributed by atoms with Crippen LogP contribution in [-0.4, -0.2) is 41.6 Å². The molecule has 2 N–H and O–H groups in total. The molecular weight excluding hydrogens is 268 g/mol. The highest BCUT2D eigenvalue weighted by Crippen LogP contribution is 2.23. The first kappa shape index (κ1) is 15.6. The van der Waals surface area contributed by atoms with E-state index in [1.54, 1.807) is 0 Å². The normalized spacial score (nSPS) is 10.4. The lowest BCUT2D eigenvalue weighted by atomic mass is 10.3. The highest BCUT2D eigenvalue weighted by molar-refractivity contribution is 7.17. The van der Waals surface area contributed by atoms with Crippen LogP contribution in [0.15, 0.2) is 0 Å². The number of rotatable bonds is 9. The summed E-state index contributed by atoms with van der Waals surface area (Å²) in [6.07, 6.45) is 1.79. The Hall–Kier alpha value is -1.47. The Kier molecular flexibility index (Phi) is 6.44. The molecular formula is C12H18N2O4S. The van der Waals surface area contributed by atoms with E-state index in [-0.39, 0.29) is 16.4 Å². The summed E-state index contributed by atoms with van der Waals surface area (Å²) in [7, 11) is 0. The van der Waals surface area contributed by atoms with Gasteiger partial charge in [-0.2, -0.15) is 0 Å². The number of ketones is 1. The van der Waals surface area contributed by atoms with Crippen LogP contribution in [0.2, 0.25) is 0 Å². The third kappa shape index (κ3) is 4.96. The van der Waals surface area contributed by atoms with Crippen molar-refractivity contribution in [2.75, 3.05) is 25.1 Å². The zero-order chi connectivity index (χ0) is 14.3. The van der Waals surface area contributed by atoms with Gasteiger partial charge in [0.2, 0.25) is 0 Å². The zero-order valence-electron chi connectivity index (χ0n) is 11.1. The number of carbonyl (C=O) groups is 2. The Labute approximate surface area is 115 Å². The van der Waals surface area contributed by atoms with E-state index in [4.69, 9.17) is 9.84 Å². The second-order valence-electron chi connectivity index (χ2n) is 3.95. The summed E-state index contributed by atoms with van der Waals surface area (Å²) in [5, 5.41) is 12.4. The van der Waals surface area contributed by atoms with Gasteiger partial charge in [-0.15, -0.1) is 0 Å². The monoisotopic (exact) mass is 286 g/mol. The highest BCUT2D eigenvalue weighted by Gasteiger charge is 2.20. The molecule has 0 atom stereocenters. The molecule has 0 saturated heterocycles. The van der Waals surface area contributed by atoms with E-state index >= 15 is 0 Å². The number of aromatic carboxylic acids is 1. The molecule has 6 nitrogen and oxygen atoms in total. The summed E-state index contributed by atoms with van der Waals surface area (Å²) >= 11 is 1.07. The van der Waals surface area contributed by atoms with Crippen LogP contribution in [0.25, 0.3) is 0 Å². The van der Waals surface area contributed by atoms with Gasteiger partial charge in [-0.3, -0.25) is 4.79 Å². The fourth-order valence-corrected chi connectivity index (χ4v) is 2.27. The lowest BCUT2D eigenvalue weighted by molar-refractivity contribution is 0.0687. The molecule has 0 aliphatic carbocycles. The van der Waals surface area contributed by atoms with Crippen molar-refractivity contribution in [2.24, 2.45) is 0 Å². The number of carbonyl (C=O) groups excluding carboxylic acids is 1. The van der Waals surface area contributed by atoms with Crippen LogP contribution < -0.4 is 5.32 Å². The van der Waals surface area contributed by atoms with Crippen molar-refractivity contribution in [1.29, 1.82) is 0 Å². The van der Waals surface area contributed by atoms with E-state index in [1.165, 1.54) is 6.92 Å². The lowest BCUT2D eigenvalue weighted by Crippen LogP contribution is -2.07. The van der Waals surface area contributed by atoms with Crippen LogP contribution in [0.1, 0.15) is 46.8 Å². The summed E-state index contributed by atoms with van der Waals surface area (Å²) in [5.41, 5.74) is -0.178. The molecule has 0 saturated carbocycles. The van der Waals surface area contributed by atoms with Crippen LogP contribution in [0.3, 0.4) is 0 Å². The Balaban J connectivity index is 2.48. The van der Waals surface area contributed by atoms with Gasteiger partial charge in [0.25, 0.3) is 0 Å². The van der Waals surface area contributed by atoms with Gasteiger partial charge in [-0.05, 0) is 12.8 Å². The van der Waals surface area contributed by atoms with Crippen LogP contribution >= 0.6 is 11.3 Å². The van der Waals surface area contributed by atoms with E-state index in [2.05, 4.69) is 10.3 Å². The van der Waals surface area contributed by atoms with Crippen molar-refractivity contribution in [1.82, 2.24) is 4.98 Å². The molecule has 1 heterocycles. The van der Waals surface area contributed by atoms with Crippen LogP contribution in [0, 0.1) is 0 Å². The quantitative estimate of drug-likeness (QED) is 0.535. The number of nitrogens with zero attached hydrogens (tertiary/aromatic N) is 1. The molecule has 19 heavy (non-hydrogen) atoms. The average Bonchev–Trinajstić information content (AvgIpc) is 2.78. The van der Waals surface area contributed by atoms with Gasteiger partial charge in [0.1, 0.15) is 4.88 Å². The van der Waals surface area contributed by atoms with Crippen LogP contribution in [-0.2, 0) is 4.74 Å². The summed E-state index contributed by atoms with van der Waals surface area (Å²) in [6, 6.07) is 0. The number of anilines is 1. The van der Waals surface area contributed by atoms with Gasteiger partial charge in [0.15, 0.2) is 16.6 Å². The van der Waals surface area contributed by atoms with Crippen molar-refractivity contribution in [3.05, 3.63) is 10.6 Å². The third-order valence-corrected chi connectivity index (χ3v) is 3.35. The number of carboxylic acids is 1. The third-order valence-electron chi connectivity index (χ3n) is 2.24. The summed E-state index contributed by atoms with van der Waals surface area (Å²) < 4.78 is 5.32. The van der Waals surface area contributed by atoms with Crippen molar-refractivity contribution in [3.8, 4) is 0 Å². The Morgan fingerprint density at radius 1 is 1.42 bits per heavy atom. The van der Waals surface area contributed by atoms with Gasteiger partial charge in [0, 0.05) is 26.7 Å². The molecule has 106 valence electrons. The van der Waals surface area contributed by atoms with Gasteiger partial charge < -0.3 is 15.2 Å². The SMILES string of the molecule is CCCOCCCNc1nc(C(=O)O)c(C(C)=O)s1. The molecule has 0 aliphatic heterocycles. The number of thiazole rings is 1. The molecule has 0 radical (unpaired) electrons. The molecule has 0 spiro atoms. The number of aromatic nitrogens is 1. The predicted molar refractivity (Wildman–Crippen MR) is 73.3 cm³/mol. The molecule has 0 aromatic carbocycles. The van der Waals surface area contributed by atoms with Gasteiger partial charge >= 0.3 is 5.97 Å². The first-order chi connectivity index (χ1) is 9.06. The molecule has 1 aromatic rings. The fraction of sp³-hybridized carbons (Fsp3) is 0.583. The highest BCUT2D eigenvalue weighted by atomic mass is 32.1. The minimum absolute atomic E-state index is 0.178. The van der Waals surface area contributed by atoms with Crippen molar-refractivity contribution >= 4 is 28.2 Å². The molecule has 0 fully saturated rings. The van der Waals surface area contributed by atoms with E-state index < -0.39 is 5.97 Å². The number of ether oxygens (including phenoxy) is 1. The van der Waals surface area contributed by atoms with Gasteiger partial charge in [0.05, 0.1) is 0 Å². The van der Waals surface area contributed by atoms with Crippen molar-refractivity contribution in [3.63, 3.8) is 0 Å². The Morgan fingerprint density at radius 2 is 2.16 bits per heavy atom. The molecule has 7 heteroatoms. The summed E-state index contributed by atoms with van der Waals surface area (Å²) in [4.78, 5) is 26.3. The zero-order valence-corrected chi connectivity index (χ0v) is 11.9.